The van der Waals surface area contributed by atoms with Crippen molar-refractivity contribution >= 4 is 12.6 Å². The molecule has 3 nitrogen and oxygen atoms in total. The highest BCUT2D eigenvalue weighted by Crippen LogP contribution is 2.07. The van der Waals surface area contributed by atoms with Crippen LogP contribution in [0.1, 0.15) is 33.5 Å². The van der Waals surface area contributed by atoms with Gasteiger partial charge in [-0.3, -0.25) is 9.59 Å². The average Bonchev–Trinajstić information content (AvgIpc) is 2.46. The van der Waals surface area contributed by atoms with E-state index in [1.165, 1.54) is 0 Å². The summed E-state index contributed by atoms with van der Waals surface area (Å²) >= 11 is 0. The summed E-state index contributed by atoms with van der Waals surface area (Å²) in [6.07, 6.45) is 2.19. The lowest BCUT2D eigenvalue weighted by Crippen LogP contribution is -1.85. The number of aromatic amines is 1. The van der Waals surface area contributed by atoms with Crippen LogP contribution in [0.15, 0.2) is 6.07 Å². The number of carbonyl (C=O) groups excluding carboxylic acids is 2. The fourth-order valence-corrected chi connectivity index (χ4v) is 0.998. The minimum Gasteiger partial charge on any atom is -0.356 e. The zero-order valence-electron chi connectivity index (χ0n) is 6.26. The first-order chi connectivity index (χ1) is 5.31. The maximum Gasteiger partial charge on any atom is 0.166 e. The molecule has 0 radical (unpaired) electrons. The number of aromatic nitrogens is 1. The first kappa shape index (κ1) is 7.72. The van der Waals surface area contributed by atoms with E-state index in [2.05, 4.69) is 4.98 Å². The van der Waals surface area contributed by atoms with Gasteiger partial charge in [-0.25, -0.2) is 0 Å². The van der Waals surface area contributed by atoms with Crippen molar-refractivity contribution in [3.63, 3.8) is 0 Å². The molecule has 0 aliphatic carbocycles. The second-order valence-corrected chi connectivity index (χ2v) is 2.25. The highest BCUT2D eigenvalue weighted by Gasteiger charge is 2.03. The van der Waals surface area contributed by atoms with E-state index >= 15 is 0 Å². The van der Waals surface area contributed by atoms with Gasteiger partial charge in [-0.1, -0.05) is 6.92 Å². The van der Waals surface area contributed by atoms with E-state index in [9.17, 15) is 9.59 Å². The smallest absolute Gasteiger partial charge is 0.166 e. The van der Waals surface area contributed by atoms with Gasteiger partial charge in [0.05, 0.1) is 5.69 Å². The molecule has 1 aromatic rings. The van der Waals surface area contributed by atoms with Crippen LogP contribution in [-0.2, 0) is 6.42 Å². The van der Waals surface area contributed by atoms with Crippen molar-refractivity contribution in [2.45, 2.75) is 13.3 Å². The number of hydrogen-bond acceptors (Lipinski definition) is 2. The summed E-state index contributed by atoms with van der Waals surface area (Å²) in [6.45, 7) is 1.92. The first-order valence-corrected chi connectivity index (χ1v) is 3.44. The van der Waals surface area contributed by atoms with Crippen molar-refractivity contribution in [2.75, 3.05) is 0 Å². The molecule has 3 heteroatoms. The van der Waals surface area contributed by atoms with Gasteiger partial charge in [-0.2, -0.15) is 0 Å². The van der Waals surface area contributed by atoms with Crippen molar-refractivity contribution < 1.29 is 9.59 Å². The van der Waals surface area contributed by atoms with Crippen molar-refractivity contribution in [2.24, 2.45) is 0 Å². The van der Waals surface area contributed by atoms with Gasteiger partial charge in [-0.15, -0.1) is 0 Å². The molecule has 1 N–H and O–H groups in total. The lowest BCUT2D eigenvalue weighted by atomic mass is 10.2. The largest absolute Gasteiger partial charge is 0.356 e. The molecule has 58 valence electrons. The Labute approximate surface area is 64.4 Å². The molecular formula is C8H9NO2. The third-order valence-corrected chi connectivity index (χ3v) is 1.56. The quantitative estimate of drug-likeness (QED) is 0.660. The number of aryl methyl sites for hydroxylation is 1. The van der Waals surface area contributed by atoms with Crippen LogP contribution >= 0.6 is 0 Å². The van der Waals surface area contributed by atoms with Crippen molar-refractivity contribution in [1.82, 2.24) is 4.98 Å². The van der Waals surface area contributed by atoms with Gasteiger partial charge in [-0.05, 0) is 12.5 Å². The average molecular weight is 151 g/mol. The maximum absolute atomic E-state index is 10.4. The number of aldehydes is 2. The molecule has 0 aliphatic rings. The zero-order valence-corrected chi connectivity index (χ0v) is 6.26. The molecule has 0 spiro atoms. The van der Waals surface area contributed by atoms with Crippen LogP contribution in [-0.4, -0.2) is 17.6 Å². The van der Waals surface area contributed by atoms with E-state index in [4.69, 9.17) is 0 Å². The Morgan fingerprint density at radius 3 is 2.55 bits per heavy atom. The molecule has 0 saturated carbocycles. The molecule has 1 rings (SSSR count). The van der Waals surface area contributed by atoms with Crippen LogP contribution in [0.3, 0.4) is 0 Å². The highest BCUT2D eigenvalue weighted by molar-refractivity contribution is 5.82. The molecule has 0 fully saturated rings. The summed E-state index contributed by atoms with van der Waals surface area (Å²) in [7, 11) is 0. The van der Waals surface area contributed by atoms with E-state index in [0.29, 0.717) is 17.5 Å². The topological polar surface area (TPSA) is 49.9 Å². The second kappa shape index (κ2) is 3.14. The maximum atomic E-state index is 10.4. The summed E-state index contributed by atoms with van der Waals surface area (Å²) in [5.41, 5.74) is 1.86. The molecular weight excluding hydrogens is 142 g/mol. The lowest BCUT2D eigenvalue weighted by molar-refractivity contribution is 0.111. The molecule has 0 amide bonds. The van der Waals surface area contributed by atoms with Crippen LogP contribution in [0, 0.1) is 0 Å². The summed E-state index contributed by atoms with van der Waals surface area (Å²) in [6, 6.07) is 1.55. The summed E-state index contributed by atoms with van der Waals surface area (Å²) < 4.78 is 0. The monoisotopic (exact) mass is 151 g/mol. The predicted octanol–water partition coefficient (Wildman–Crippen LogP) is 1.20. The van der Waals surface area contributed by atoms with Gasteiger partial charge in [0.25, 0.3) is 0 Å². The minimum atomic E-state index is 0.462. The van der Waals surface area contributed by atoms with Crippen LogP contribution in [0.4, 0.5) is 0 Å². The molecule has 1 heterocycles. The third kappa shape index (κ3) is 1.37. The van der Waals surface area contributed by atoms with Gasteiger partial charge >= 0.3 is 0 Å². The number of H-pyrrole nitrogens is 1. The van der Waals surface area contributed by atoms with Crippen LogP contribution in [0.2, 0.25) is 0 Å². The fraction of sp³-hybridized carbons (Fsp3) is 0.250. The van der Waals surface area contributed by atoms with E-state index < -0.39 is 0 Å². The number of nitrogens with one attached hydrogen (secondary N) is 1. The molecule has 11 heavy (non-hydrogen) atoms. The van der Waals surface area contributed by atoms with Gasteiger partial charge in [0.2, 0.25) is 0 Å². The molecule has 0 atom stereocenters. The first-order valence-electron chi connectivity index (χ1n) is 3.44. The number of rotatable bonds is 3. The number of hydrogen-bond donors (Lipinski definition) is 1. The summed E-state index contributed by atoms with van der Waals surface area (Å²) in [5.74, 6) is 0. The number of carbonyl (C=O) groups is 2. The Bertz CT molecular complexity index is 276. The van der Waals surface area contributed by atoms with Crippen molar-refractivity contribution in [3.8, 4) is 0 Å². The fourth-order valence-electron chi connectivity index (χ4n) is 0.998. The Morgan fingerprint density at radius 1 is 1.45 bits per heavy atom. The van der Waals surface area contributed by atoms with E-state index in [1.54, 1.807) is 6.07 Å². The van der Waals surface area contributed by atoms with Gasteiger partial charge in [0.1, 0.15) is 0 Å². The SMILES string of the molecule is CCc1[nH]c(C=O)cc1C=O. The molecule has 0 bridgehead atoms. The molecule has 0 unspecified atom stereocenters. The van der Waals surface area contributed by atoms with Crippen molar-refractivity contribution in [1.29, 1.82) is 0 Å². The highest BCUT2D eigenvalue weighted by atomic mass is 16.1. The predicted molar refractivity (Wildman–Crippen MR) is 40.9 cm³/mol. The standard InChI is InChI=1S/C8H9NO2/c1-2-8-6(4-10)3-7(5-11)9-8/h3-5,9H,2H2,1H3. The summed E-state index contributed by atoms with van der Waals surface area (Å²) in [5, 5.41) is 0. The zero-order chi connectivity index (χ0) is 8.27. The minimum absolute atomic E-state index is 0.462. The van der Waals surface area contributed by atoms with E-state index in [0.717, 1.165) is 18.4 Å². The van der Waals surface area contributed by atoms with Crippen LogP contribution in [0.5, 0.6) is 0 Å². The second-order valence-electron chi connectivity index (χ2n) is 2.25. The van der Waals surface area contributed by atoms with Gasteiger partial charge in [0.15, 0.2) is 12.6 Å². The molecule has 0 aliphatic heterocycles. The van der Waals surface area contributed by atoms with Gasteiger partial charge < -0.3 is 4.98 Å². The van der Waals surface area contributed by atoms with E-state index in [-0.39, 0.29) is 0 Å². The van der Waals surface area contributed by atoms with Crippen LogP contribution < -0.4 is 0 Å². The molecule has 0 aromatic carbocycles. The Kier molecular flexibility index (Phi) is 2.21. The van der Waals surface area contributed by atoms with Gasteiger partial charge in [0, 0.05) is 11.3 Å². The van der Waals surface area contributed by atoms with Crippen LogP contribution in [0.25, 0.3) is 0 Å². The lowest BCUT2D eigenvalue weighted by Gasteiger charge is -1.88. The Balaban J connectivity index is 3.11. The van der Waals surface area contributed by atoms with E-state index in [1.807, 2.05) is 6.92 Å². The third-order valence-electron chi connectivity index (χ3n) is 1.56. The molecule has 1 aromatic heterocycles. The van der Waals surface area contributed by atoms with Crippen molar-refractivity contribution in [3.05, 3.63) is 23.0 Å². The molecule has 0 saturated heterocycles. The Morgan fingerprint density at radius 2 is 2.18 bits per heavy atom. The summed E-state index contributed by atoms with van der Waals surface area (Å²) in [4.78, 5) is 23.5. The Hall–Kier alpha value is -1.38. The normalized spacial score (nSPS) is 9.55.